The first-order valence-electron chi connectivity index (χ1n) is 4.94. The second-order valence-corrected chi connectivity index (χ2v) is 6.20. The molecule has 1 rings (SSSR count). The van der Waals surface area contributed by atoms with Gasteiger partial charge in [-0.15, -0.1) is 0 Å². The molecule has 17 heavy (non-hydrogen) atoms. The number of halogens is 1. The molecule has 1 aromatic carbocycles. The number of benzene rings is 1. The van der Waals surface area contributed by atoms with Gasteiger partial charge in [-0.2, -0.15) is 0 Å². The lowest BCUT2D eigenvalue weighted by molar-refractivity contribution is 0.122. The first kappa shape index (κ1) is 14.4. The quantitative estimate of drug-likeness (QED) is 0.802. The third-order valence-corrected chi connectivity index (χ3v) is 4.35. The lowest BCUT2D eigenvalue weighted by atomic mass is 10.3. The van der Waals surface area contributed by atoms with E-state index in [-0.39, 0.29) is 17.5 Å². The molecule has 0 aromatic heterocycles. The van der Waals surface area contributed by atoms with Gasteiger partial charge in [0.15, 0.2) is 0 Å². The van der Waals surface area contributed by atoms with E-state index in [0.717, 1.165) is 0 Å². The average molecular weight is 323 g/mol. The smallest absolute Gasteiger partial charge is 0.240 e. The normalized spacial score (nSPS) is 13.6. The predicted molar refractivity (Wildman–Crippen MR) is 70.2 cm³/mol. The van der Waals surface area contributed by atoms with Crippen LogP contribution in [0.4, 0.5) is 5.69 Å². The molecule has 0 saturated heterocycles. The molecular formula is C10H15BrN2O3S. The maximum atomic E-state index is 11.9. The summed E-state index contributed by atoms with van der Waals surface area (Å²) in [6.45, 7) is 2.00. The predicted octanol–water partition coefficient (Wildman–Crippen LogP) is 1.34. The largest absolute Gasteiger partial charge is 0.398 e. The minimum atomic E-state index is -3.52. The van der Waals surface area contributed by atoms with Gasteiger partial charge in [0.25, 0.3) is 0 Å². The number of methoxy groups -OCH3 is 1. The summed E-state index contributed by atoms with van der Waals surface area (Å²) < 4.78 is 31.8. The van der Waals surface area contributed by atoms with Crippen molar-refractivity contribution in [2.75, 3.05) is 19.4 Å². The van der Waals surface area contributed by atoms with Crippen LogP contribution in [0.3, 0.4) is 0 Å². The summed E-state index contributed by atoms with van der Waals surface area (Å²) in [6.07, 6.45) is -0.179. The van der Waals surface area contributed by atoms with Crippen LogP contribution in [0.2, 0.25) is 0 Å². The van der Waals surface area contributed by atoms with E-state index in [2.05, 4.69) is 20.7 Å². The molecule has 1 unspecified atom stereocenters. The van der Waals surface area contributed by atoms with Crippen molar-refractivity contribution in [2.45, 2.75) is 17.9 Å². The zero-order chi connectivity index (χ0) is 13.1. The Morgan fingerprint density at radius 2 is 2.18 bits per heavy atom. The Kier molecular flexibility index (Phi) is 4.93. The molecule has 0 radical (unpaired) electrons. The third kappa shape index (κ3) is 3.95. The highest BCUT2D eigenvalue weighted by atomic mass is 79.9. The Morgan fingerprint density at radius 1 is 1.53 bits per heavy atom. The van der Waals surface area contributed by atoms with Crippen molar-refractivity contribution in [1.82, 2.24) is 4.72 Å². The fourth-order valence-electron chi connectivity index (χ4n) is 1.07. The number of hydrogen-bond acceptors (Lipinski definition) is 4. The van der Waals surface area contributed by atoms with Gasteiger partial charge in [0.2, 0.25) is 10.0 Å². The van der Waals surface area contributed by atoms with Gasteiger partial charge in [0.1, 0.15) is 0 Å². The van der Waals surface area contributed by atoms with Crippen LogP contribution >= 0.6 is 15.9 Å². The van der Waals surface area contributed by atoms with Gasteiger partial charge in [-0.1, -0.05) is 0 Å². The van der Waals surface area contributed by atoms with E-state index in [1.807, 2.05) is 0 Å². The molecule has 0 fully saturated rings. The van der Waals surface area contributed by atoms with Crippen molar-refractivity contribution in [1.29, 1.82) is 0 Å². The Balaban J connectivity index is 2.86. The number of ether oxygens (including phenoxy) is 1. The van der Waals surface area contributed by atoms with Crippen LogP contribution in [0.25, 0.3) is 0 Å². The van der Waals surface area contributed by atoms with Crippen LogP contribution < -0.4 is 10.5 Å². The maximum absolute atomic E-state index is 11.9. The van der Waals surface area contributed by atoms with Crippen molar-refractivity contribution in [2.24, 2.45) is 0 Å². The number of anilines is 1. The fourth-order valence-corrected chi connectivity index (χ4v) is 2.74. The van der Waals surface area contributed by atoms with Gasteiger partial charge in [0, 0.05) is 23.8 Å². The molecule has 5 nitrogen and oxygen atoms in total. The fraction of sp³-hybridized carbons (Fsp3) is 0.400. The SMILES string of the molecule is COC(C)CNS(=O)(=O)c1ccc(N)c(Br)c1. The molecule has 0 aliphatic carbocycles. The van der Waals surface area contributed by atoms with Gasteiger partial charge in [-0.05, 0) is 41.1 Å². The van der Waals surface area contributed by atoms with Crippen LogP contribution in [0.1, 0.15) is 6.92 Å². The number of rotatable bonds is 5. The molecule has 0 heterocycles. The van der Waals surface area contributed by atoms with Gasteiger partial charge in [0.05, 0.1) is 11.0 Å². The van der Waals surface area contributed by atoms with Gasteiger partial charge < -0.3 is 10.5 Å². The number of nitrogens with one attached hydrogen (secondary N) is 1. The highest BCUT2D eigenvalue weighted by Gasteiger charge is 2.15. The highest BCUT2D eigenvalue weighted by molar-refractivity contribution is 9.10. The molecule has 1 atom stereocenters. The number of hydrogen-bond donors (Lipinski definition) is 2. The summed E-state index contributed by atoms with van der Waals surface area (Å²) in [6, 6.07) is 4.47. The zero-order valence-electron chi connectivity index (χ0n) is 9.60. The highest BCUT2D eigenvalue weighted by Crippen LogP contribution is 2.22. The van der Waals surface area contributed by atoms with Crippen molar-refractivity contribution in [3.05, 3.63) is 22.7 Å². The van der Waals surface area contributed by atoms with E-state index in [4.69, 9.17) is 10.5 Å². The van der Waals surface area contributed by atoms with Crippen LogP contribution in [-0.4, -0.2) is 28.2 Å². The van der Waals surface area contributed by atoms with E-state index < -0.39 is 10.0 Å². The van der Waals surface area contributed by atoms with Crippen LogP contribution in [0, 0.1) is 0 Å². The van der Waals surface area contributed by atoms with Gasteiger partial charge in [-0.25, -0.2) is 13.1 Å². The first-order valence-corrected chi connectivity index (χ1v) is 7.22. The molecule has 0 amide bonds. The standard InChI is InChI=1S/C10H15BrN2O3S/c1-7(16-2)6-13-17(14,15)8-3-4-10(12)9(11)5-8/h3-5,7,13H,6,12H2,1-2H3. The Morgan fingerprint density at radius 3 is 2.71 bits per heavy atom. The Labute approximate surface area is 110 Å². The number of nitrogens with two attached hydrogens (primary N) is 1. The zero-order valence-corrected chi connectivity index (χ0v) is 12.0. The van der Waals surface area contributed by atoms with E-state index in [0.29, 0.717) is 10.2 Å². The van der Waals surface area contributed by atoms with Crippen molar-refractivity contribution < 1.29 is 13.2 Å². The maximum Gasteiger partial charge on any atom is 0.240 e. The molecule has 96 valence electrons. The molecule has 0 aliphatic heterocycles. The third-order valence-electron chi connectivity index (χ3n) is 2.25. The van der Waals surface area contributed by atoms with Gasteiger partial charge in [-0.3, -0.25) is 0 Å². The van der Waals surface area contributed by atoms with Crippen LogP contribution in [-0.2, 0) is 14.8 Å². The Hall–Kier alpha value is -0.630. The lowest BCUT2D eigenvalue weighted by Gasteiger charge is -2.11. The van der Waals surface area contributed by atoms with Crippen LogP contribution in [0.15, 0.2) is 27.6 Å². The molecule has 3 N–H and O–H groups in total. The molecule has 1 aromatic rings. The first-order chi connectivity index (χ1) is 7.86. The summed E-state index contributed by atoms with van der Waals surface area (Å²) in [5.74, 6) is 0. The molecule has 0 bridgehead atoms. The molecule has 7 heteroatoms. The van der Waals surface area contributed by atoms with E-state index in [9.17, 15) is 8.42 Å². The lowest BCUT2D eigenvalue weighted by Crippen LogP contribution is -2.31. The van der Waals surface area contributed by atoms with E-state index >= 15 is 0 Å². The second kappa shape index (κ2) is 5.81. The monoisotopic (exact) mass is 322 g/mol. The molecule has 0 aliphatic rings. The summed E-state index contributed by atoms with van der Waals surface area (Å²) >= 11 is 3.19. The second-order valence-electron chi connectivity index (χ2n) is 3.58. The van der Waals surface area contributed by atoms with E-state index in [1.165, 1.54) is 19.2 Å². The topological polar surface area (TPSA) is 81.4 Å². The molecule has 0 spiro atoms. The summed E-state index contributed by atoms with van der Waals surface area (Å²) in [5.41, 5.74) is 6.09. The van der Waals surface area contributed by atoms with Crippen molar-refractivity contribution in [3.63, 3.8) is 0 Å². The summed E-state index contributed by atoms with van der Waals surface area (Å²) in [5, 5.41) is 0. The minimum absolute atomic E-state index is 0.168. The Bertz CT molecular complexity index is 490. The summed E-state index contributed by atoms with van der Waals surface area (Å²) in [7, 11) is -1.99. The average Bonchev–Trinajstić information content (AvgIpc) is 2.29. The number of sulfonamides is 1. The van der Waals surface area contributed by atoms with Crippen molar-refractivity contribution in [3.8, 4) is 0 Å². The molecular weight excluding hydrogens is 308 g/mol. The van der Waals surface area contributed by atoms with Crippen molar-refractivity contribution >= 4 is 31.6 Å². The number of nitrogen functional groups attached to an aromatic ring is 1. The van der Waals surface area contributed by atoms with E-state index in [1.54, 1.807) is 13.0 Å². The van der Waals surface area contributed by atoms with Crippen LogP contribution in [0.5, 0.6) is 0 Å². The molecule has 0 saturated carbocycles. The van der Waals surface area contributed by atoms with Gasteiger partial charge >= 0.3 is 0 Å². The summed E-state index contributed by atoms with van der Waals surface area (Å²) in [4.78, 5) is 0.168. The minimum Gasteiger partial charge on any atom is -0.398 e.